The molecule has 1 fully saturated rings. The van der Waals surface area contributed by atoms with E-state index < -0.39 is 44.1 Å². The van der Waals surface area contributed by atoms with Gasteiger partial charge in [0.15, 0.2) is 0 Å². The molecule has 12 nitrogen and oxygen atoms in total. The van der Waals surface area contributed by atoms with Gasteiger partial charge in [0.25, 0.3) is 5.56 Å². The maximum atomic E-state index is 12.2. The summed E-state index contributed by atoms with van der Waals surface area (Å²) in [6.45, 7) is 0.996. The molecule has 0 bridgehead atoms. The van der Waals surface area contributed by atoms with E-state index in [1.807, 2.05) is 0 Å². The minimum Gasteiger partial charge on any atom is -0.352 e. The minimum atomic E-state index is -4.40. The van der Waals surface area contributed by atoms with E-state index >= 15 is 0 Å². The summed E-state index contributed by atoms with van der Waals surface area (Å²) < 4.78 is 29.0. The lowest BCUT2D eigenvalue weighted by Gasteiger charge is -2.18. The molecule has 2 N–H and O–H groups in total. The van der Waals surface area contributed by atoms with Crippen molar-refractivity contribution in [1.82, 2.24) is 9.55 Å². The summed E-state index contributed by atoms with van der Waals surface area (Å²) in [5, 5.41) is 3.62. The highest BCUT2D eigenvalue weighted by atomic mass is 31.2. The van der Waals surface area contributed by atoms with Crippen LogP contribution in [0.3, 0.4) is 0 Å². The Labute approximate surface area is 170 Å². The summed E-state index contributed by atoms with van der Waals surface area (Å²) in [6.07, 6.45) is -0.294. The molecule has 2 heterocycles. The number of hydrogen-bond donors (Lipinski definition) is 2. The number of H-pyrrole nitrogens is 1. The van der Waals surface area contributed by atoms with Crippen molar-refractivity contribution in [2.24, 2.45) is 5.11 Å². The number of nitrogens with zero attached hydrogens (tertiary/aromatic N) is 4. The first-order valence-corrected chi connectivity index (χ1v) is 10.5. The van der Waals surface area contributed by atoms with Crippen LogP contribution in [-0.2, 0) is 25.0 Å². The van der Waals surface area contributed by atoms with Gasteiger partial charge in [0.1, 0.15) is 6.23 Å². The zero-order valence-corrected chi connectivity index (χ0v) is 16.8. The Morgan fingerprint density at radius 1 is 1.37 bits per heavy atom. The first-order valence-electron chi connectivity index (χ1n) is 8.96. The number of phosphoric acid groups is 1. The zero-order valence-electron chi connectivity index (χ0n) is 16.0. The van der Waals surface area contributed by atoms with Gasteiger partial charge in [-0.15, -0.1) is 0 Å². The van der Waals surface area contributed by atoms with E-state index in [0.29, 0.717) is 11.1 Å². The molecule has 2 aromatic rings. The minimum absolute atomic E-state index is 0.115. The summed E-state index contributed by atoms with van der Waals surface area (Å²) >= 11 is 0. The lowest BCUT2D eigenvalue weighted by molar-refractivity contribution is -0.0287. The second kappa shape index (κ2) is 9.40. The molecule has 160 valence electrons. The van der Waals surface area contributed by atoms with Crippen LogP contribution in [0.1, 0.15) is 23.8 Å². The fourth-order valence-corrected chi connectivity index (χ4v) is 3.68. The molecule has 1 saturated heterocycles. The van der Waals surface area contributed by atoms with Crippen molar-refractivity contribution < 1.29 is 23.2 Å². The summed E-state index contributed by atoms with van der Waals surface area (Å²) in [7, 11) is -4.40. The second-order valence-corrected chi connectivity index (χ2v) is 8.09. The van der Waals surface area contributed by atoms with Crippen LogP contribution < -0.4 is 11.2 Å². The van der Waals surface area contributed by atoms with Crippen LogP contribution in [0.4, 0.5) is 0 Å². The van der Waals surface area contributed by atoms with E-state index in [2.05, 4.69) is 15.0 Å². The highest BCUT2D eigenvalue weighted by Crippen LogP contribution is 2.45. The molecule has 1 aliphatic rings. The maximum absolute atomic E-state index is 12.2. The molecule has 30 heavy (non-hydrogen) atoms. The van der Waals surface area contributed by atoms with Crippen LogP contribution in [0, 0.1) is 6.92 Å². The van der Waals surface area contributed by atoms with Crippen molar-refractivity contribution in [2.75, 3.05) is 6.61 Å². The van der Waals surface area contributed by atoms with Gasteiger partial charge in [-0.3, -0.25) is 23.4 Å². The predicted octanol–water partition coefficient (Wildman–Crippen LogP) is 2.15. The Morgan fingerprint density at radius 3 is 2.80 bits per heavy atom. The van der Waals surface area contributed by atoms with Crippen LogP contribution >= 0.6 is 7.82 Å². The topological polar surface area (TPSA) is 169 Å². The number of benzene rings is 1. The SMILES string of the molecule is Cc1cn([C@H]2C[C@H](N=[N+]=[N-])[C@@H](COP(=O)(O)OCc3ccccc3)O2)c(=O)[nH]c1=O. The van der Waals surface area contributed by atoms with Crippen molar-refractivity contribution in [2.45, 2.75) is 38.3 Å². The monoisotopic (exact) mass is 437 g/mol. The summed E-state index contributed by atoms with van der Waals surface area (Å²) in [5.74, 6) is 0. The molecule has 0 spiro atoms. The third-order valence-corrected chi connectivity index (χ3v) is 5.43. The van der Waals surface area contributed by atoms with E-state index in [9.17, 15) is 19.0 Å². The van der Waals surface area contributed by atoms with E-state index in [-0.39, 0.29) is 13.0 Å². The number of aryl methyl sites for hydroxylation is 1. The Bertz CT molecular complexity index is 1100. The second-order valence-electron chi connectivity index (χ2n) is 6.64. The van der Waals surface area contributed by atoms with Gasteiger partial charge >= 0.3 is 13.5 Å². The Kier molecular flexibility index (Phi) is 6.88. The molecule has 3 rings (SSSR count). The van der Waals surface area contributed by atoms with Gasteiger partial charge < -0.3 is 9.63 Å². The van der Waals surface area contributed by atoms with E-state index in [4.69, 9.17) is 19.3 Å². The molecule has 1 aromatic heterocycles. The van der Waals surface area contributed by atoms with Gasteiger partial charge in [0, 0.05) is 23.1 Å². The van der Waals surface area contributed by atoms with Crippen molar-refractivity contribution in [3.63, 3.8) is 0 Å². The van der Waals surface area contributed by atoms with Gasteiger partial charge in [0.05, 0.1) is 25.4 Å². The number of rotatable bonds is 8. The number of hydrogen-bond acceptors (Lipinski definition) is 7. The molecule has 0 radical (unpaired) electrons. The highest BCUT2D eigenvalue weighted by molar-refractivity contribution is 7.47. The molecule has 4 atom stereocenters. The van der Waals surface area contributed by atoms with Gasteiger partial charge in [-0.25, -0.2) is 9.36 Å². The predicted molar refractivity (Wildman–Crippen MR) is 105 cm³/mol. The van der Waals surface area contributed by atoms with Crippen LogP contribution in [0.2, 0.25) is 0 Å². The smallest absolute Gasteiger partial charge is 0.352 e. The van der Waals surface area contributed by atoms with Gasteiger partial charge in [-0.2, -0.15) is 0 Å². The van der Waals surface area contributed by atoms with Crippen molar-refractivity contribution in [3.05, 3.63) is 78.9 Å². The van der Waals surface area contributed by atoms with Crippen LogP contribution in [0.5, 0.6) is 0 Å². The lowest BCUT2D eigenvalue weighted by Crippen LogP contribution is -2.33. The van der Waals surface area contributed by atoms with Gasteiger partial charge in [-0.05, 0) is 18.0 Å². The Balaban J connectivity index is 1.66. The van der Waals surface area contributed by atoms with Gasteiger partial charge in [-0.1, -0.05) is 35.4 Å². The molecule has 0 amide bonds. The largest absolute Gasteiger partial charge is 0.472 e. The average Bonchev–Trinajstić information content (AvgIpc) is 3.11. The first kappa shape index (κ1) is 22.0. The average molecular weight is 437 g/mol. The van der Waals surface area contributed by atoms with Gasteiger partial charge in [0.2, 0.25) is 0 Å². The Morgan fingerprint density at radius 2 is 2.10 bits per heavy atom. The first-order chi connectivity index (χ1) is 14.3. The number of aromatic amines is 1. The summed E-state index contributed by atoms with van der Waals surface area (Å²) in [4.78, 5) is 38.4. The molecule has 1 unspecified atom stereocenters. The third-order valence-electron chi connectivity index (χ3n) is 4.50. The highest BCUT2D eigenvalue weighted by Gasteiger charge is 2.38. The molecular formula is C17H20N5O7P. The van der Waals surface area contributed by atoms with Crippen molar-refractivity contribution in [1.29, 1.82) is 0 Å². The molecular weight excluding hydrogens is 417 g/mol. The fourth-order valence-electron chi connectivity index (χ4n) is 2.96. The number of nitrogens with one attached hydrogen (secondary N) is 1. The van der Waals surface area contributed by atoms with E-state index in [1.54, 1.807) is 30.3 Å². The van der Waals surface area contributed by atoms with Crippen LogP contribution in [0.15, 0.2) is 51.2 Å². The summed E-state index contributed by atoms with van der Waals surface area (Å²) in [6, 6.07) is 8.03. The molecule has 13 heteroatoms. The van der Waals surface area contributed by atoms with E-state index in [1.165, 1.54) is 17.7 Å². The lowest BCUT2D eigenvalue weighted by atomic mass is 10.1. The number of phosphoric ester groups is 1. The van der Waals surface area contributed by atoms with Crippen LogP contribution in [0.25, 0.3) is 10.4 Å². The van der Waals surface area contributed by atoms with Crippen molar-refractivity contribution in [3.8, 4) is 0 Å². The number of ether oxygens (including phenoxy) is 1. The molecule has 1 aromatic carbocycles. The Hall–Kier alpha value is -2.72. The number of aromatic nitrogens is 2. The zero-order chi connectivity index (χ0) is 21.7. The third kappa shape index (κ3) is 5.45. The van der Waals surface area contributed by atoms with E-state index in [0.717, 1.165) is 0 Å². The number of azide groups is 1. The van der Waals surface area contributed by atoms with Crippen molar-refractivity contribution >= 4 is 7.82 Å². The molecule has 0 aliphatic carbocycles. The maximum Gasteiger partial charge on any atom is 0.472 e. The normalized spacial score (nSPS) is 22.9. The fraction of sp³-hybridized carbons (Fsp3) is 0.412. The molecule has 0 saturated carbocycles. The molecule has 1 aliphatic heterocycles. The standard InChI is InChI=1S/C17H20N5O7P/c1-11-8-22(17(24)19-16(11)23)15-7-13(20-21-18)14(29-15)10-28-30(25,26)27-9-12-5-3-2-4-6-12/h2-6,8,13-15H,7,9-10H2,1H3,(H,25,26)(H,19,23,24)/t13-,14+,15+/m0/s1. The summed E-state index contributed by atoms with van der Waals surface area (Å²) in [5.41, 5.74) is 8.58. The quantitative estimate of drug-likeness (QED) is 0.276. The van der Waals surface area contributed by atoms with Crippen LogP contribution in [-0.4, -0.2) is 33.2 Å².